The quantitative estimate of drug-likeness (QED) is 0.718. The van der Waals surface area contributed by atoms with Crippen molar-refractivity contribution in [3.8, 4) is 0 Å². The molecule has 1 fully saturated rings. The van der Waals surface area contributed by atoms with Crippen molar-refractivity contribution in [2.45, 2.75) is 19.4 Å². The molecule has 1 aliphatic heterocycles. The molecule has 2 N–H and O–H groups in total. The average Bonchev–Trinajstić information content (AvgIpc) is 3.08. The number of hydrogen-bond donors (Lipinski definition) is 2. The van der Waals surface area contributed by atoms with Gasteiger partial charge in [0.2, 0.25) is 5.91 Å². The van der Waals surface area contributed by atoms with Gasteiger partial charge in [-0.05, 0) is 19.5 Å². The first-order chi connectivity index (χ1) is 11.0. The number of nitrogens with zero attached hydrogens (tertiary/aromatic N) is 2. The van der Waals surface area contributed by atoms with Gasteiger partial charge in [-0.1, -0.05) is 0 Å². The normalized spacial score (nSPS) is 18.0. The van der Waals surface area contributed by atoms with Gasteiger partial charge in [0.25, 0.3) is 5.91 Å². The molecule has 2 amide bonds. The molecular formula is C16H26N4O3. The van der Waals surface area contributed by atoms with Crippen LogP contribution < -0.4 is 5.32 Å². The Kier molecular flexibility index (Phi) is 6.18. The first kappa shape index (κ1) is 17.5. The maximum absolute atomic E-state index is 12.2. The molecule has 0 spiro atoms. The molecule has 2 rings (SSSR count). The van der Waals surface area contributed by atoms with E-state index in [4.69, 9.17) is 4.74 Å². The highest BCUT2D eigenvalue weighted by molar-refractivity contribution is 5.96. The summed E-state index contributed by atoms with van der Waals surface area (Å²) in [6.45, 7) is 5.45. The third-order valence-corrected chi connectivity index (χ3v) is 4.18. The van der Waals surface area contributed by atoms with Gasteiger partial charge >= 0.3 is 0 Å². The molecule has 1 atom stereocenters. The largest absolute Gasteiger partial charge is 0.383 e. The number of carbonyl (C=O) groups excluding carboxylic acids is 2. The van der Waals surface area contributed by atoms with Gasteiger partial charge in [-0.15, -0.1) is 0 Å². The molecule has 0 saturated carbocycles. The van der Waals surface area contributed by atoms with Crippen LogP contribution in [0.1, 0.15) is 22.3 Å². The molecule has 0 bridgehead atoms. The Morgan fingerprint density at radius 2 is 2.26 bits per heavy atom. The number of likely N-dealkylation sites (N-methyl/N-ethyl adjacent to an activating group) is 1. The van der Waals surface area contributed by atoms with Crippen LogP contribution in [0.25, 0.3) is 0 Å². The van der Waals surface area contributed by atoms with E-state index in [1.54, 1.807) is 19.5 Å². The zero-order chi connectivity index (χ0) is 16.8. The van der Waals surface area contributed by atoms with Crippen molar-refractivity contribution < 1.29 is 14.3 Å². The molecule has 0 aromatic carbocycles. The van der Waals surface area contributed by atoms with E-state index in [0.717, 1.165) is 18.7 Å². The van der Waals surface area contributed by atoms with Crippen LogP contribution >= 0.6 is 0 Å². The van der Waals surface area contributed by atoms with Crippen LogP contribution in [-0.2, 0) is 9.53 Å². The summed E-state index contributed by atoms with van der Waals surface area (Å²) in [6.07, 6.45) is 3.85. The molecule has 0 aliphatic carbocycles. The van der Waals surface area contributed by atoms with E-state index < -0.39 is 0 Å². The van der Waals surface area contributed by atoms with Crippen LogP contribution in [0.2, 0.25) is 0 Å². The number of rotatable bonds is 8. The topological polar surface area (TPSA) is 77.7 Å². The zero-order valence-corrected chi connectivity index (χ0v) is 14.1. The first-order valence-corrected chi connectivity index (χ1v) is 7.90. The van der Waals surface area contributed by atoms with E-state index >= 15 is 0 Å². The number of methoxy groups -OCH3 is 1. The van der Waals surface area contributed by atoms with Crippen molar-refractivity contribution >= 4 is 11.8 Å². The number of amides is 2. The van der Waals surface area contributed by atoms with E-state index in [1.807, 2.05) is 18.9 Å². The van der Waals surface area contributed by atoms with Gasteiger partial charge in [-0.3, -0.25) is 9.59 Å². The average molecular weight is 322 g/mol. The number of H-pyrrole nitrogens is 1. The van der Waals surface area contributed by atoms with Crippen LogP contribution in [0.15, 0.2) is 12.4 Å². The van der Waals surface area contributed by atoms with Crippen LogP contribution in [0.4, 0.5) is 0 Å². The van der Waals surface area contributed by atoms with Crippen molar-refractivity contribution in [2.75, 3.05) is 46.9 Å². The lowest BCUT2D eigenvalue weighted by Gasteiger charge is -2.22. The van der Waals surface area contributed by atoms with Crippen LogP contribution in [-0.4, -0.2) is 79.6 Å². The Morgan fingerprint density at radius 1 is 1.48 bits per heavy atom. The minimum atomic E-state index is -0.124. The summed E-state index contributed by atoms with van der Waals surface area (Å²) < 4.78 is 5.04. The third kappa shape index (κ3) is 4.80. The lowest BCUT2D eigenvalue weighted by molar-refractivity contribution is -0.127. The lowest BCUT2D eigenvalue weighted by Crippen LogP contribution is -2.39. The van der Waals surface area contributed by atoms with Crippen LogP contribution in [0, 0.1) is 6.92 Å². The van der Waals surface area contributed by atoms with Crippen molar-refractivity contribution in [3.05, 3.63) is 23.5 Å². The van der Waals surface area contributed by atoms with Crippen molar-refractivity contribution in [1.29, 1.82) is 0 Å². The SMILES string of the molecule is COCCN(C)CCN1CC(NC(=O)c2c[nH]cc2C)CC1=O. The Bertz CT molecular complexity index is 543. The fraction of sp³-hybridized carbons (Fsp3) is 0.625. The number of aryl methyl sites for hydroxylation is 1. The first-order valence-electron chi connectivity index (χ1n) is 7.90. The van der Waals surface area contributed by atoms with Gasteiger partial charge in [0, 0.05) is 52.1 Å². The summed E-state index contributed by atoms with van der Waals surface area (Å²) in [5.74, 6) is -0.0261. The standard InChI is InChI=1S/C16H26N4O3/c1-12-9-17-10-14(12)16(22)18-13-8-15(21)20(11-13)5-4-19(2)6-7-23-3/h9-10,13,17H,4-8,11H2,1-3H3,(H,18,22). The fourth-order valence-corrected chi connectivity index (χ4v) is 2.68. The van der Waals surface area contributed by atoms with E-state index in [0.29, 0.717) is 31.7 Å². The molecule has 23 heavy (non-hydrogen) atoms. The smallest absolute Gasteiger partial charge is 0.253 e. The van der Waals surface area contributed by atoms with Crippen LogP contribution in [0.5, 0.6) is 0 Å². The van der Waals surface area contributed by atoms with E-state index in [2.05, 4.69) is 15.2 Å². The van der Waals surface area contributed by atoms with Crippen molar-refractivity contribution in [1.82, 2.24) is 20.1 Å². The highest BCUT2D eigenvalue weighted by Gasteiger charge is 2.30. The highest BCUT2D eigenvalue weighted by atomic mass is 16.5. The molecule has 1 saturated heterocycles. The zero-order valence-electron chi connectivity index (χ0n) is 14.1. The molecule has 1 aliphatic rings. The Morgan fingerprint density at radius 3 is 2.91 bits per heavy atom. The van der Waals surface area contributed by atoms with Crippen molar-refractivity contribution in [2.24, 2.45) is 0 Å². The van der Waals surface area contributed by atoms with E-state index in [1.165, 1.54) is 0 Å². The minimum absolute atomic E-state index is 0.0984. The maximum Gasteiger partial charge on any atom is 0.253 e. The number of carbonyl (C=O) groups is 2. The van der Waals surface area contributed by atoms with Gasteiger partial charge in [0.15, 0.2) is 0 Å². The van der Waals surface area contributed by atoms with Gasteiger partial charge in [-0.2, -0.15) is 0 Å². The molecule has 1 aromatic rings. The third-order valence-electron chi connectivity index (χ3n) is 4.18. The molecule has 7 heteroatoms. The maximum atomic E-state index is 12.2. The van der Waals surface area contributed by atoms with Gasteiger partial charge in [-0.25, -0.2) is 0 Å². The lowest BCUT2D eigenvalue weighted by atomic mass is 10.2. The minimum Gasteiger partial charge on any atom is -0.383 e. The Hall–Kier alpha value is -1.86. The summed E-state index contributed by atoms with van der Waals surface area (Å²) in [5, 5.41) is 2.95. The number of nitrogens with one attached hydrogen (secondary N) is 2. The Balaban J connectivity index is 1.78. The molecular weight excluding hydrogens is 296 g/mol. The molecule has 2 heterocycles. The predicted molar refractivity (Wildman–Crippen MR) is 87.4 cm³/mol. The van der Waals surface area contributed by atoms with Gasteiger partial charge < -0.3 is 24.8 Å². The van der Waals surface area contributed by atoms with E-state index in [-0.39, 0.29) is 17.9 Å². The summed E-state index contributed by atoms with van der Waals surface area (Å²) in [6, 6.07) is -0.117. The summed E-state index contributed by atoms with van der Waals surface area (Å²) in [7, 11) is 3.69. The monoisotopic (exact) mass is 322 g/mol. The number of aromatic amines is 1. The van der Waals surface area contributed by atoms with Gasteiger partial charge in [0.1, 0.15) is 0 Å². The number of likely N-dealkylation sites (tertiary alicyclic amines) is 1. The summed E-state index contributed by atoms with van der Waals surface area (Å²) in [4.78, 5) is 31.1. The van der Waals surface area contributed by atoms with Crippen molar-refractivity contribution in [3.63, 3.8) is 0 Å². The number of hydrogen-bond acceptors (Lipinski definition) is 4. The second-order valence-electron chi connectivity index (χ2n) is 6.06. The predicted octanol–water partition coefficient (Wildman–Crippen LogP) is 0.232. The molecule has 7 nitrogen and oxygen atoms in total. The molecule has 1 unspecified atom stereocenters. The number of ether oxygens (including phenoxy) is 1. The second kappa shape index (κ2) is 8.12. The van der Waals surface area contributed by atoms with Crippen LogP contribution in [0.3, 0.4) is 0 Å². The Labute approximate surface area is 137 Å². The summed E-state index contributed by atoms with van der Waals surface area (Å²) in [5.41, 5.74) is 1.54. The molecule has 128 valence electrons. The molecule has 0 radical (unpaired) electrons. The fourth-order valence-electron chi connectivity index (χ4n) is 2.68. The summed E-state index contributed by atoms with van der Waals surface area (Å²) >= 11 is 0. The number of aromatic nitrogens is 1. The van der Waals surface area contributed by atoms with E-state index in [9.17, 15) is 9.59 Å². The van der Waals surface area contributed by atoms with Gasteiger partial charge in [0.05, 0.1) is 18.2 Å². The molecule has 1 aromatic heterocycles. The highest BCUT2D eigenvalue weighted by Crippen LogP contribution is 2.13. The second-order valence-corrected chi connectivity index (χ2v) is 6.06.